The number of hydrogen-bond acceptors (Lipinski definition) is 3. The van der Waals surface area contributed by atoms with Gasteiger partial charge in [-0.15, -0.1) is 0 Å². The molecule has 1 saturated heterocycles. The van der Waals surface area contributed by atoms with Gasteiger partial charge in [0.1, 0.15) is 0 Å². The van der Waals surface area contributed by atoms with Gasteiger partial charge in [-0.1, -0.05) is 25.4 Å². The molecular weight excluding hydrogens is 351 g/mol. The lowest BCUT2D eigenvalue weighted by molar-refractivity contribution is -0.149. The number of amides is 2. The topological polar surface area (TPSA) is 86.7 Å². The van der Waals surface area contributed by atoms with Crippen molar-refractivity contribution in [2.75, 3.05) is 18.4 Å². The van der Waals surface area contributed by atoms with Crippen LogP contribution in [0.3, 0.4) is 0 Å². The second kappa shape index (κ2) is 7.39. The molecule has 2 rings (SSSR count). The van der Waals surface area contributed by atoms with Crippen LogP contribution in [0.1, 0.15) is 37.0 Å². The van der Waals surface area contributed by atoms with E-state index >= 15 is 0 Å². The Balaban J connectivity index is 2.16. The standard InChI is InChI=1S/C17H20ClFN2O4/c1-10(2)7-14(22)20-11-3-4-13(18)12(8-11)15(23)21-6-5-17(19,9-21)16(24)25/h3-4,8,10H,5-7,9H2,1-2H3,(H,20,22)(H,24,25). The predicted molar refractivity (Wildman–Crippen MR) is 91.5 cm³/mol. The Hall–Kier alpha value is -2.15. The summed E-state index contributed by atoms with van der Waals surface area (Å²) >= 11 is 6.05. The maximum Gasteiger partial charge on any atom is 0.343 e. The van der Waals surface area contributed by atoms with Crippen LogP contribution in [0.2, 0.25) is 5.02 Å². The molecule has 2 N–H and O–H groups in total. The van der Waals surface area contributed by atoms with Crippen LogP contribution in [-0.2, 0) is 9.59 Å². The average molecular weight is 371 g/mol. The second-order valence-electron chi connectivity index (χ2n) is 6.59. The van der Waals surface area contributed by atoms with Crippen molar-refractivity contribution < 1.29 is 23.9 Å². The van der Waals surface area contributed by atoms with Crippen molar-refractivity contribution in [3.05, 3.63) is 28.8 Å². The number of carboxylic acid groups (broad SMARTS) is 1. The van der Waals surface area contributed by atoms with E-state index in [0.29, 0.717) is 12.1 Å². The summed E-state index contributed by atoms with van der Waals surface area (Å²) in [6, 6.07) is 4.45. The molecule has 0 radical (unpaired) electrons. The fourth-order valence-electron chi connectivity index (χ4n) is 2.64. The monoisotopic (exact) mass is 370 g/mol. The summed E-state index contributed by atoms with van der Waals surface area (Å²) in [6.07, 6.45) is 0.0670. The molecule has 8 heteroatoms. The summed E-state index contributed by atoms with van der Waals surface area (Å²) in [6.45, 7) is 3.29. The molecular formula is C17H20ClFN2O4. The number of likely N-dealkylation sites (tertiary alicyclic amines) is 1. The molecule has 1 aliphatic rings. The van der Waals surface area contributed by atoms with E-state index in [1.807, 2.05) is 13.8 Å². The first-order valence-corrected chi connectivity index (χ1v) is 8.31. The molecule has 6 nitrogen and oxygen atoms in total. The SMILES string of the molecule is CC(C)CC(=O)Nc1ccc(Cl)c(C(=O)N2CCC(F)(C(=O)O)C2)c1. The molecule has 25 heavy (non-hydrogen) atoms. The molecule has 0 saturated carbocycles. The van der Waals surface area contributed by atoms with Gasteiger partial charge in [0.25, 0.3) is 5.91 Å². The van der Waals surface area contributed by atoms with Gasteiger partial charge in [-0.25, -0.2) is 9.18 Å². The quantitative estimate of drug-likeness (QED) is 0.834. The number of carbonyl (C=O) groups is 3. The van der Waals surface area contributed by atoms with E-state index in [4.69, 9.17) is 16.7 Å². The number of nitrogens with zero attached hydrogens (tertiary/aromatic N) is 1. The molecule has 0 aromatic heterocycles. The highest BCUT2D eigenvalue weighted by Crippen LogP contribution is 2.29. The van der Waals surface area contributed by atoms with Crippen molar-refractivity contribution in [3.8, 4) is 0 Å². The van der Waals surface area contributed by atoms with Crippen LogP contribution < -0.4 is 5.32 Å². The number of alkyl halides is 1. The maximum atomic E-state index is 14.2. The van der Waals surface area contributed by atoms with Gasteiger partial charge in [0.15, 0.2) is 0 Å². The van der Waals surface area contributed by atoms with E-state index in [1.54, 1.807) is 6.07 Å². The number of carboxylic acids is 1. The second-order valence-corrected chi connectivity index (χ2v) is 7.00. The van der Waals surface area contributed by atoms with Gasteiger partial charge in [0.2, 0.25) is 11.6 Å². The molecule has 136 valence electrons. The molecule has 0 aliphatic carbocycles. The van der Waals surface area contributed by atoms with Gasteiger partial charge < -0.3 is 15.3 Å². The highest BCUT2D eigenvalue weighted by Gasteiger charge is 2.47. The van der Waals surface area contributed by atoms with E-state index in [9.17, 15) is 18.8 Å². The molecule has 2 amide bonds. The van der Waals surface area contributed by atoms with Crippen molar-refractivity contribution in [1.29, 1.82) is 0 Å². The third-order valence-corrected chi connectivity index (χ3v) is 4.29. The van der Waals surface area contributed by atoms with E-state index in [-0.39, 0.29) is 35.4 Å². The minimum absolute atomic E-state index is 0.0120. The van der Waals surface area contributed by atoms with Crippen molar-refractivity contribution >= 4 is 35.1 Å². The zero-order chi connectivity index (χ0) is 18.8. The normalized spacial score (nSPS) is 20.0. The Morgan fingerprint density at radius 3 is 2.64 bits per heavy atom. The summed E-state index contributed by atoms with van der Waals surface area (Å²) < 4.78 is 14.2. The Morgan fingerprint density at radius 2 is 2.08 bits per heavy atom. The Morgan fingerprint density at radius 1 is 1.40 bits per heavy atom. The minimum Gasteiger partial charge on any atom is -0.479 e. The zero-order valence-electron chi connectivity index (χ0n) is 14.0. The van der Waals surface area contributed by atoms with E-state index < -0.39 is 24.1 Å². The fourth-order valence-corrected chi connectivity index (χ4v) is 2.84. The van der Waals surface area contributed by atoms with Crippen molar-refractivity contribution in [1.82, 2.24) is 4.90 Å². The van der Waals surface area contributed by atoms with Crippen molar-refractivity contribution in [3.63, 3.8) is 0 Å². The molecule has 1 aromatic carbocycles. The molecule has 1 aliphatic heterocycles. The number of benzene rings is 1. The van der Waals surface area contributed by atoms with Crippen LogP contribution >= 0.6 is 11.6 Å². The molecule has 0 spiro atoms. The summed E-state index contributed by atoms with van der Waals surface area (Å²) in [7, 11) is 0. The number of anilines is 1. The van der Waals surface area contributed by atoms with Gasteiger partial charge in [-0.05, 0) is 24.1 Å². The first-order valence-electron chi connectivity index (χ1n) is 7.93. The van der Waals surface area contributed by atoms with Crippen LogP contribution in [0.25, 0.3) is 0 Å². The first-order chi connectivity index (χ1) is 11.6. The molecule has 1 unspecified atom stereocenters. The van der Waals surface area contributed by atoms with Gasteiger partial charge in [0.05, 0.1) is 17.1 Å². The van der Waals surface area contributed by atoms with Gasteiger partial charge in [-0.2, -0.15) is 0 Å². The largest absolute Gasteiger partial charge is 0.479 e. The van der Waals surface area contributed by atoms with E-state index in [1.165, 1.54) is 12.1 Å². The molecule has 1 atom stereocenters. The predicted octanol–water partition coefficient (Wildman–Crippen LogP) is 2.96. The maximum absolute atomic E-state index is 14.2. The molecule has 0 bridgehead atoms. The zero-order valence-corrected chi connectivity index (χ0v) is 14.8. The number of nitrogens with one attached hydrogen (secondary N) is 1. The van der Waals surface area contributed by atoms with Crippen LogP contribution in [0.4, 0.5) is 10.1 Å². The highest BCUT2D eigenvalue weighted by atomic mass is 35.5. The van der Waals surface area contributed by atoms with Crippen LogP contribution in [-0.4, -0.2) is 46.5 Å². The number of hydrogen-bond donors (Lipinski definition) is 2. The summed E-state index contributed by atoms with van der Waals surface area (Å²) in [5.74, 6) is -2.15. The van der Waals surface area contributed by atoms with Crippen LogP contribution in [0.5, 0.6) is 0 Å². The number of rotatable bonds is 5. The number of aliphatic carboxylic acids is 1. The third-order valence-electron chi connectivity index (χ3n) is 3.96. The summed E-state index contributed by atoms with van der Waals surface area (Å²) in [5.41, 5.74) is -1.94. The minimum atomic E-state index is -2.44. The first kappa shape index (κ1) is 19.2. The lowest BCUT2D eigenvalue weighted by Crippen LogP contribution is -2.39. The average Bonchev–Trinajstić information content (AvgIpc) is 2.91. The third kappa shape index (κ3) is 4.48. The molecule has 1 heterocycles. The Bertz CT molecular complexity index is 710. The van der Waals surface area contributed by atoms with Crippen molar-refractivity contribution in [2.24, 2.45) is 5.92 Å². The smallest absolute Gasteiger partial charge is 0.343 e. The van der Waals surface area contributed by atoms with Crippen molar-refractivity contribution in [2.45, 2.75) is 32.4 Å². The van der Waals surface area contributed by atoms with Gasteiger partial charge >= 0.3 is 5.97 Å². The number of halogens is 2. The molecule has 1 fully saturated rings. The lowest BCUT2D eigenvalue weighted by atomic mass is 10.1. The number of carbonyl (C=O) groups excluding carboxylic acids is 2. The van der Waals surface area contributed by atoms with Crippen LogP contribution in [0.15, 0.2) is 18.2 Å². The highest BCUT2D eigenvalue weighted by molar-refractivity contribution is 6.34. The fraction of sp³-hybridized carbons (Fsp3) is 0.471. The Kier molecular flexibility index (Phi) is 5.67. The Labute approximate surface area is 149 Å². The van der Waals surface area contributed by atoms with Gasteiger partial charge in [0, 0.05) is 25.1 Å². The lowest BCUT2D eigenvalue weighted by Gasteiger charge is -2.19. The van der Waals surface area contributed by atoms with E-state index in [0.717, 1.165) is 4.90 Å². The molecule has 1 aromatic rings. The van der Waals surface area contributed by atoms with Crippen LogP contribution in [0, 0.1) is 5.92 Å². The summed E-state index contributed by atoms with van der Waals surface area (Å²) in [5, 5.41) is 11.8. The summed E-state index contributed by atoms with van der Waals surface area (Å²) in [4.78, 5) is 36.5. The van der Waals surface area contributed by atoms with Gasteiger partial charge in [-0.3, -0.25) is 9.59 Å². The van der Waals surface area contributed by atoms with E-state index in [2.05, 4.69) is 5.32 Å².